The number of nitrogens with zero attached hydrogens (tertiary/aromatic N) is 8. The molecule has 376 valence electrons. The van der Waals surface area contributed by atoms with Crippen molar-refractivity contribution >= 4 is 35.2 Å². The number of hydrogen-bond donors (Lipinski definition) is 5. The number of para-hydroxylation sites is 1. The van der Waals surface area contributed by atoms with E-state index in [0.29, 0.717) is 34.6 Å². The van der Waals surface area contributed by atoms with Crippen LogP contribution >= 0.6 is 0 Å². The molecule has 0 bridgehead atoms. The van der Waals surface area contributed by atoms with Crippen molar-refractivity contribution in [3.63, 3.8) is 0 Å². The zero-order valence-corrected chi connectivity index (χ0v) is 41.4. The van der Waals surface area contributed by atoms with E-state index in [9.17, 15) is 29.0 Å². The number of aliphatic hydroxyl groups is 1. The first-order valence-corrected chi connectivity index (χ1v) is 25.3. The van der Waals surface area contributed by atoms with Gasteiger partial charge in [-0.3, -0.25) is 14.4 Å². The minimum absolute atomic E-state index is 0.0341. The molecule has 3 saturated heterocycles. The molecule has 5 heterocycles. The number of phenolic OH excluding ortho intramolecular Hbond substituents is 1. The number of carbonyl (C=O) groups excluding carboxylic acids is 3. The van der Waals surface area contributed by atoms with Crippen LogP contribution in [-0.2, 0) is 20.9 Å². The Bertz CT molecular complexity index is 2610. The number of piperidine rings is 1. The number of rotatable bonds is 12. The van der Waals surface area contributed by atoms with Gasteiger partial charge in [0, 0.05) is 93.8 Å². The van der Waals surface area contributed by atoms with Crippen LogP contribution in [0.3, 0.4) is 0 Å². The van der Waals surface area contributed by atoms with Crippen molar-refractivity contribution in [3.8, 4) is 29.4 Å². The van der Waals surface area contributed by atoms with Crippen LogP contribution in [0, 0.1) is 34.9 Å². The Morgan fingerprint density at radius 3 is 2.25 bits per heavy atom. The Morgan fingerprint density at radius 1 is 0.915 bits per heavy atom. The average molecular weight is 970 g/mol. The lowest BCUT2D eigenvalue weighted by molar-refractivity contribution is -0.145. The first-order chi connectivity index (χ1) is 34.1. The van der Waals surface area contributed by atoms with Crippen molar-refractivity contribution in [1.82, 2.24) is 40.6 Å². The quantitative estimate of drug-likeness (QED) is 0.113. The summed E-state index contributed by atoms with van der Waals surface area (Å²) in [5.74, 6) is 2.64. The van der Waals surface area contributed by atoms with Crippen molar-refractivity contribution in [2.75, 3.05) is 68.0 Å². The van der Waals surface area contributed by atoms with Gasteiger partial charge in [0.15, 0.2) is 5.82 Å². The number of amides is 3. The van der Waals surface area contributed by atoms with Crippen LogP contribution in [0.2, 0.25) is 0 Å². The number of carbonyl (C=O) groups is 3. The first-order valence-electron chi connectivity index (χ1n) is 25.3. The summed E-state index contributed by atoms with van der Waals surface area (Å²) in [4.78, 5) is 59.8. The summed E-state index contributed by atoms with van der Waals surface area (Å²) in [6, 6.07) is 12.2. The fourth-order valence-electron chi connectivity index (χ4n) is 11.6. The molecule has 17 heteroatoms. The van der Waals surface area contributed by atoms with Gasteiger partial charge in [0.25, 0.3) is 0 Å². The van der Waals surface area contributed by atoms with Crippen LogP contribution in [0.5, 0.6) is 5.75 Å². The van der Waals surface area contributed by atoms with Crippen molar-refractivity contribution < 1.29 is 29.0 Å². The Morgan fingerprint density at radius 2 is 1.61 bits per heavy atom. The molecule has 5 fully saturated rings. The summed E-state index contributed by atoms with van der Waals surface area (Å²) in [6.07, 6.45) is 16.5. The van der Waals surface area contributed by atoms with Gasteiger partial charge in [-0.2, -0.15) is 0 Å². The van der Waals surface area contributed by atoms with Gasteiger partial charge >= 0.3 is 0 Å². The number of hydrogen-bond acceptors (Lipinski definition) is 13. The highest BCUT2D eigenvalue weighted by Gasteiger charge is 2.50. The monoisotopic (exact) mass is 970 g/mol. The minimum Gasteiger partial charge on any atom is -0.507 e. The second-order valence-electron chi connectivity index (χ2n) is 21.5. The molecule has 5 aliphatic rings. The van der Waals surface area contributed by atoms with E-state index in [4.69, 9.17) is 16.4 Å². The Hall–Kier alpha value is -6.38. The average Bonchev–Trinajstić information content (AvgIpc) is 3.78. The van der Waals surface area contributed by atoms with Gasteiger partial charge in [-0.05, 0) is 117 Å². The Kier molecular flexibility index (Phi) is 14.5. The third kappa shape index (κ3) is 10.8. The molecule has 9 rings (SSSR count). The molecule has 0 radical (unpaired) electrons. The van der Waals surface area contributed by atoms with Crippen molar-refractivity contribution in [2.45, 2.75) is 115 Å². The zero-order valence-electron chi connectivity index (χ0n) is 41.4. The largest absolute Gasteiger partial charge is 0.507 e. The molecular weight excluding hydrogens is 902 g/mol. The number of phenols is 1. The van der Waals surface area contributed by atoms with Crippen molar-refractivity contribution in [3.05, 3.63) is 83.4 Å². The highest BCUT2D eigenvalue weighted by Crippen LogP contribution is 2.55. The van der Waals surface area contributed by atoms with E-state index >= 15 is 0 Å². The maximum Gasteiger partial charge on any atom is 0.246 e. The molecule has 0 unspecified atom stereocenters. The topological polar surface area (TPSA) is 192 Å². The Labute approximate surface area is 416 Å². The number of piperazine rings is 1. The van der Waals surface area contributed by atoms with E-state index in [1.807, 2.05) is 58.4 Å². The van der Waals surface area contributed by atoms with Crippen molar-refractivity contribution in [2.24, 2.45) is 16.7 Å². The van der Waals surface area contributed by atoms with Gasteiger partial charge in [-0.25, -0.2) is 14.4 Å². The van der Waals surface area contributed by atoms with Gasteiger partial charge in [0.2, 0.25) is 23.7 Å². The molecule has 4 aromatic rings. The van der Waals surface area contributed by atoms with Gasteiger partial charge in [-0.1, -0.05) is 44.9 Å². The molecule has 16 nitrogen and oxygen atoms in total. The van der Waals surface area contributed by atoms with E-state index in [1.54, 1.807) is 18.2 Å². The van der Waals surface area contributed by atoms with Crippen LogP contribution in [0.25, 0.3) is 11.3 Å². The smallest absolute Gasteiger partial charge is 0.246 e. The number of β-amino-alcohol motifs (C(OH)–C–C–N with tert-alkyl or cyclic N) is 1. The van der Waals surface area contributed by atoms with Crippen LogP contribution < -0.4 is 25.8 Å². The number of likely N-dealkylation sites (tertiary alicyclic amines) is 2. The molecule has 3 atom stereocenters. The molecule has 5 N–H and O–H groups in total. The minimum atomic E-state index is -0.960. The molecule has 2 aromatic carbocycles. The molecule has 2 saturated carbocycles. The number of benzene rings is 2. The highest BCUT2D eigenvalue weighted by molar-refractivity contribution is 5.93. The Balaban J connectivity index is 0.713. The van der Waals surface area contributed by atoms with E-state index < -0.39 is 41.2 Å². The SMILES string of the molecule is C#Cc1ccc(CNC(=O)[C@@H]2C[C@@H](O)CN2C(=O)[C@@H](NC(=O)[C@H]2CCC3(CC2)C[C@H](N2CCC(c4cnc(N5CCN(c6cc(-c7ccccc7O)nnc6NC)CC5)nc4)CC2)C3)C(C)(C)C)c(F)c1. The molecular formula is C54H68FN11O5. The van der Waals surface area contributed by atoms with Crippen LogP contribution in [0.4, 0.5) is 21.8 Å². The van der Waals surface area contributed by atoms with E-state index in [0.717, 1.165) is 102 Å². The van der Waals surface area contributed by atoms with E-state index in [1.165, 1.54) is 22.6 Å². The van der Waals surface area contributed by atoms with Crippen LogP contribution in [0.1, 0.15) is 101 Å². The van der Waals surface area contributed by atoms with Crippen molar-refractivity contribution in [1.29, 1.82) is 0 Å². The summed E-state index contributed by atoms with van der Waals surface area (Å²) in [5, 5.41) is 38.8. The fraction of sp³-hybridized carbons (Fsp3) is 0.537. The second-order valence-corrected chi connectivity index (χ2v) is 21.5. The number of aromatic nitrogens is 4. The number of aliphatic hydroxyl groups excluding tert-OH is 1. The highest BCUT2D eigenvalue weighted by atomic mass is 19.1. The van der Waals surface area contributed by atoms with Gasteiger partial charge in [0.1, 0.15) is 23.7 Å². The molecule has 1 spiro atoms. The molecule has 3 amide bonds. The van der Waals surface area contributed by atoms with Gasteiger partial charge in [-0.15, -0.1) is 16.6 Å². The summed E-state index contributed by atoms with van der Waals surface area (Å²) in [5.41, 5.74) is 3.64. The maximum atomic E-state index is 14.6. The fourth-order valence-corrected chi connectivity index (χ4v) is 11.6. The standard InChI is InChI=1S/C54H68FN11O5/c1-6-34-11-12-37(42(55)25-34)30-57-50(70)45-26-40(67)33-66(45)51(71)47(53(2,3)4)60-49(69)36-13-17-54(18-14-36)28-39(29-54)63-19-15-35(16-20-63)38-31-58-52(59-32-38)65-23-21-64(22-24-65)44-27-43(61-62-48(44)56-5)41-9-7-8-10-46(41)68/h1,7-12,25,27,31-32,35-36,39-40,45,47,67-68H,13-24,26,28-30,33H2,2-5H3,(H,56,62)(H,57,70)(H,60,69)/t36-,39-,40-,45+,47-,54?/m1/s1. The number of terminal acetylenes is 1. The summed E-state index contributed by atoms with van der Waals surface area (Å²) in [7, 11) is 1.84. The number of anilines is 3. The van der Waals surface area contributed by atoms with Crippen LogP contribution in [-0.4, -0.2) is 135 Å². The molecule has 2 aliphatic carbocycles. The number of nitrogens with one attached hydrogen (secondary N) is 3. The van der Waals surface area contributed by atoms with E-state index in [2.05, 4.69) is 46.8 Å². The predicted molar refractivity (Wildman–Crippen MR) is 270 cm³/mol. The lowest BCUT2D eigenvalue weighted by Gasteiger charge is -2.55. The second kappa shape index (κ2) is 20.8. The predicted octanol–water partition coefficient (Wildman–Crippen LogP) is 5.46. The third-order valence-electron chi connectivity index (χ3n) is 16.0. The van der Waals surface area contributed by atoms with Gasteiger partial charge in [0.05, 0.1) is 17.5 Å². The summed E-state index contributed by atoms with van der Waals surface area (Å²) < 4.78 is 14.6. The normalized spacial score (nSPS) is 24.5. The summed E-state index contributed by atoms with van der Waals surface area (Å²) >= 11 is 0. The molecule has 2 aromatic heterocycles. The van der Waals surface area contributed by atoms with Gasteiger partial charge < -0.3 is 45.8 Å². The van der Waals surface area contributed by atoms with Crippen LogP contribution in [0.15, 0.2) is 60.9 Å². The third-order valence-corrected chi connectivity index (χ3v) is 16.0. The zero-order chi connectivity index (χ0) is 50.0. The molecule has 3 aliphatic heterocycles. The maximum absolute atomic E-state index is 14.6. The summed E-state index contributed by atoms with van der Waals surface area (Å²) in [6.45, 7) is 10.7. The molecule has 71 heavy (non-hydrogen) atoms. The number of halogens is 1. The lowest BCUT2D eigenvalue weighted by Crippen LogP contribution is -2.59. The van der Waals surface area contributed by atoms with E-state index in [-0.39, 0.29) is 48.1 Å². The number of aromatic hydroxyl groups is 1. The first kappa shape index (κ1) is 49.6. The lowest BCUT2D eigenvalue weighted by atomic mass is 9.56.